The van der Waals surface area contributed by atoms with Gasteiger partial charge in [-0.3, -0.25) is 9.59 Å². The third-order valence-electron chi connectivity index (χ3n) is 3.47. The number of anilines is 1. The summed E-state index contributed by atoms with van der Waals surface area (Å²) in [5, 5.41) is 7.05. The van der Waals surface area contributed by atoms with Crippen LogP contribution in [0.3, 0.4) is 0 Å². The van der Waals surface area contributed by atoms with Gasteiger partial charge in [0.05, 0.1) is 11.7 Å². The molecule has 1 unspecified atom stereocenters. The number of aromatic nitrogens is 2. The van der Waals surface area contributed by atoms with Crippen molar-refractivity contribution >= 4 is 17.6 Å². The number of carbonyl (C=O) groups excluding carboxylic acids is 2. The van der Waals surface area contributed by atoms with E-state index in [-0.39, 0.29) is 29.8 Å². The number of likely N-dealkylation sites (tertiary alicyclic amines) is 1. The van der Waals surface area contributed by atoms with E-state index in [1.807, 2.05) is 11.8 Å². The van der Waals surface area contributed by atoms with E-state index in [1.165, 1.54) is 4.68 Å². The Morgan fingerprint density at radius 1 is 1.50 bits per heavy atom. The monoisotopic (exact) mass is 307 g/mol. The summed E-state index contributed by atoms with van der Waals surface area (Å²) in [6, 6.07) is 1.58. The molecule has 0 bridgehead atoms. The maximum Gasteiger partial charge on any atom is 0.242 e. The van der Waals surface area contributed by atoms with Crippen molar-refractivity contribution in [3.63, 3.8) is 0 Å². The lowest BCUT2D eigenvalue weighted by Gasteiger charge is -2.26. The molecule has 1 aliphatic rings. The lowest BCUT2D eigenvalue weighted by molar-refractivity contribution is -0.128. The Hall–Kier alpha value is -2.05. The van der Waals surface area contributed by atoms with Gasteiger partial charge in [-0.2, -0.15) is 5.10 Å². The predicted octanol–water partition coefficient (Wildman–Crippen LogP) is 0.537. The second-order valence-corrected chi connectivity index (χ2v) is 7.17. The highest BCUT2D eigenvalue weighted by Gasteiger charge is 2.32. The Bertz CT molecular complexity index is 573. The quantitative estimate of drug-likeness (QED) is 0.849. The predicted molar refractivity (Wildman–Crippen MR) is 84.0 cm³/mol. The Kier molecular flexibility index (Phi) is 4.44. The van der Waals surface area contributed by atoms with Crippen LogP contribution < -0.4 is 11.1 Å². The standard InChI is InChI=1S/C15H25N5O2/c1-10-5-12(16)20(18-10)8-13(21)17-11-6-14(22)19(7-11)9-15(2,3)4/h5,11H,6-9,16H2,1-4H3,(H,17,21). The van der Waals surface area contributed by atoms with Crippen LogP contribution in [0.4, 0.5) is 5.82 Å². The second-order valence-electron chi connectivity index (χ2n) is 7.17. The van der Waals surface area contributed by atoms with Gasteiger partial charge in [-0.15, -0.1) is 0 Å². The first-order chi connectivity index (χ1) is 10.1. The molecule has 1 aliphatic heterocycles. The molecule has 1 saturated heterocycles. The molecule has 0 spiro atoms. The van der Waals surface area contributed by atoms with Crippen molar-refractivity contribution in [3.8, 4) is 0 Å². The number of nitrogens with one attached hydrogen (secondary N) is 1. The summed E-state index contributed by atoms with van der Waals surface area (Å²) in [6.45, 7) is 9.44. The van der Waals surface area contributed by atoms with Crippen LogP contribution >= 0.6 is 0 Å². The van der Waals surface area contributed by atoms with Crippen molar-refractivity contribution in [2.24, 2.45) is 5.41 Å². The number of nitrogens with two attached hydrogens (primary N) is 1. The molecule has 1 aromatic rings. The Balaban J connectivity index is 1.88. The summed E-state index contributed by atoms with van der Waals surface area (Å²) in [5.41, 5.74) is 6.60. The fourth-order valence-electron chi connectivity index (χ4n) is 2.70. The first-order valence-electron chi connectivity index (χ1n) is 7.51. The molecule has 0 aliphatic carbocycles. The number of nitrogens with zero attached hydrogens (tertiary/aromatic N) is 3. The van der Waals surface area contributed by atoms with Crippen molar-refractivity contribution in [1.82, 2.24) is 20.0 Å². The van der Waals surface area contributed by atoms with Crippen LogP contribution in [-0.2, 0) is 16.1 Å². The van der Waals surface area contributed by atoms with Gasteiger partial charge in [-0.1, -0.05) is 20.8 Å². The molecule has 0 aromatic carbocycles. The maximum atomic E-state index is 12.1. The highest BCUT2D eigenvalue weighted by Crippen LogP contribution is 2.20. The van der Waals surface area contributed by atoms with Gasteiger partial charge in [-0.25, -0.2) is 4.68 Å². The fourth-order valence-corrected chi connectivity index (χ4v) is 2.70. The molecule has 2 rings (SSSR count). The molecular weight excluding hydrogens is 282 g/mol. The SMILES string of the molecule is Cc1cc(N)n(CC(=O)NC2CC(=O)N(CC(C)(C)C)C2)n1. The molecule has 0 radical (unpaired) electrons. The van der Waals surface area contributed by atoms with E-state index in [9.17, 15) is 9.59 Å². The average molecular weight is 307 g/mol. The third-order valence-corrected chi connectivity index (χ3v) is 3.47. The van der Waals surface area contributed by atoms with Crippen LogP contribution in [0, 0.1) is 12.3 Å². The minimum atomic E-state index is -0.176. The number of hydrogen-bond acceptors (Lipinski definition) is 4. The van der Waals surface area contributed by atoms with Gasteiger partial charge < -0.3 is 16.0 Å². The number of aryl methyl sites for hydroxylation is 1. The van der Waals surface area contributed by atoms with E-state index >= 15 is 0 Å². The second kappa shape index (κ2) is 5.98. The molecule has 7 heteroatoms. The van der Waals surface area contributed by atoms with Crippen LogP contribution in [0.15, 0.2) is 6.07 Å². The molecule has 122 valence electrons. The lowest BCUT2D eigenvalue weighted by atomic mass is 9.96. The van der Waals surface area contributed by atoms with Gasteiger partial charge >= 0.3 is 0 Å². The van der Waals surface area contributed by atoms with Crippen molar-refractivity contribution in [3.05, 3.63) is 11.8 Å². The summed E-state index contributed by atoms with van der Waals surface area (Å²) in [7, 11) is 0. The van der Waals surface area contributed by atoms with Crippen LogP contribution in [0.1, 0.15) is 32.9 Å². The first kappa shape index (κ1) is 16.3. The average Bonchev–Trinajstić information content (AvgIpc) is 2.80. The zero-order valence-electron chi connectivity index (χ0n) is 13.7. The van der Waals surface area contributed by atoms with Gasteiger partial charge in [0.1, 0.15) is 12.4 Å². The van der Waals surface area contributed by atoms with Gasteiger partial charge in [0, 0.05) is 25.6 Å². The summed E-state index contributed by atoms with van der Waals surface area (Å²) in [5.74, 6) is 0.379. The van der Waals surface area contributed by atoms with Gasteiger partial charge in [0.2, 0.25) is 11.8 Å². The minimum absolute atomic E-state index is 0.0512. The molecule has 7 nitrogen and oxygen atoms in total. The summed E-state index contributed by atoms with van der Waals surface area (Å²) < 4.78 is 1.47. The normalized spacial score (nSPS) is 18.8. The van der Waals surface area contributed by atoms with E-state index in [1.54, 1.807) is 6.07 Å². The zero-order valence-corrected chi connectivity index (χ0v) is 13.7. The number of rotatable bonds is 4. The van der Waals surface area contributed by atoms with Gasteiger partial charge in [0.25, 0.3) is 0 Å². The first-order valence-corrected chi connectivity index (χ1v) is 7.51. The number of nitrogen functional groups attached to an aromatic ring is 1. The molecule has 0 saturated carbocycles. The summed E-state index contributed by atoms with van der Waals surface area (Å²) in [4.78, 5) is 25.9. The molecule has 1 aromatic heterocycles. The maximum absolute atomic E-state index is 12.1. The highest BCUT2D eigenvalue weighted by atomic mass is 16.2. The smallest absolute Gasteiger partial charge is 0.242 e. The summed E-state index contributed by atoms with van der Waals surface area (Å²) >= 11 is 0. The lowest BCUT2D eigenvalue weighted by Crippen LogP contribution is -2.40. The van der Waals surface area contributed by atoms with Crippen molar-refractivity contribution < 1.29 is 9.59 Å². The van der Waals surface area contributed by atoms with Crippen LogP contribution in [-0.4, -0.2) is 45.6 Å². The van der Waals surface area contributed by atoms with Crippen molar-refractivity contribution in [2.45, 2.75) is 46.7 Å². The zero-order chi connectivity index (χ0) is 16.5. The van der Waals surface area contributed by atoms with Crippen LogP contribution in [0.25, 0.3) is 0 Å². The molecule has 1 fully saturated rings. The van der Waals surface area contributed by atoms with Crippen LogP contribution in [0.5, 0.6) is 0 Å². The number of carbonyl (C=O) groups is 2. The molecule has 2 amide bonds. The molecule has 3 N–H and O–H groups in total. The molecule has 22 heavy (non-hydrogen) atoms. The number of hydrogen-bond donors (Lipinski definition) is 2. The largest absolute Gasteiger partial charge is 0.384 e. The van der Waals surface area contributed by atoms with E-state index in [0.717, 1.165) is 5.69 Å². The fraction of sp³-hybridized carbons (Fsp3) is 0.667. The molecular formula is C15H25N5O2. The molecule has 1 atom stereocenters. The Morgan fingerprint density at radius 2 is 2.18 bits per heavy atom. The Morgan fingerprint density at radius 3 is 2.73 bits per heavy atom. The van der Waals surface area contributed by atoms with E-state index < -0.39 is 0 Å². The van der Waals surface area contributed by atoms with E-state index in [4.69, 9.17) is 5.73 Å². The topological polar surface area (TPSA) is 93.2 Å². The summed E-state index contributed by atoms with van der Waals surface area (Å²) in [6.07, 6.45) is 0.357. The van der Waals surface area contributed by atoms with Gasteiger partial charge in [0.15, 0.2) is 0 Å². The number of amides is 2. The third kappa shape index (κ3) is 4.22. The highest BCUT2D eigenvalue weighted by molar-refractivity contribution is 5.82. The van der Waals surface area contributed by atoms with Gasteiger partial charge in [-0.05, 0) is 12.3 Å². The Labute approximate surface area is 130 Å². The molecule has 2 heterocycles. The van der Waals surface area contributed by atoms with Crippen LogP contribution in [0.2, 0.25) is 0 Å². The minimum Gasteiger partial charge on any atom is -0.384 e. The van der Waals surface area contributed by atoms with E-state index in [0.29, 0.717) is 25.3 Å². The van der Waals surface area contributed by atoms with E-state index in [2.05, 4.69) is 31.2 Å². The van der Waals surface area contributed by atoms with Crippen molar-refractivity contribution in [2.75, 3.05) is 18.8 Å². The van der Waals surface area contributed by atoms with Crippen molar-refractivity contribution in [1.29, 1.82) is 0 Å².